The molecule has 0 bridgehead atoms. The van der Waals surface area contributed by atoms with Gasteiger partial charge in [-0.25, -0.2) is 4.39 Å². The first-order valence-corrected chi connectivity index (χ1v) is 6.07. The van der Waals surface area contributed by atoms with E-state index in [4.69, 9.17) is 5.11 Å². The second kappa shape index (κ2) is 4.49. The molecule has 18 heavy (non-hydrogen) atoms. The van der Waals surface area contributed by atoms with E-state index in [0.717, 1.165) is 18.8 Å². The summed E-state index contributed by atoms with van der Waals surface area (Å²) in [4.78, 5) is 0. The van der Waals surface area contributed by atoms with Gasteiger partial charge in [0, 0.05) is 19.6 Å². The molecular weight excluding hydrogens is 233 g/mol. The van der Waals surface area contributed by atoms with Crippen LogP contribution in [-0.4, -0.2) is 26.5 Å². The lowest BCUT2D eigenvalue weighted by molar-refractivity contribution is 0.199. The maximum Gasteiger partial charge on any atom is 0.166 e. The largest absolute Gasteiger partial charge is 0.396 e. The molecule has 0 saturated carbocycles. The molecule has 1 aromatic carbocycles. The molecule has 94 valence electrons. The summed E-state index contributed by atoms with van der Waals surface area (Å²) in [5.74, 6) is 1.38. The first kappa shape index (κ1) is 11.3. The Labute approximate surface area is 104 Å². The molecule has 2 aromatic rings. The Morgan fingerprint density at radius 2 is 2.17 bits per heavy atom. The molecule has 0 amide bonds. The van der Waals surface area contributed by atoms with Crippen LogP contribution in [0.3, 0.4) is 0 Å². The number of hydrogen-bond donors (Lipinski definition) is 1. The van der Waals surface area contributed by atoms with E-state index in [-0.39, 0.29) is 18.3 Å². The maximum absolute atomic E-state index is 13.7. The molecule has 1 atom stereocenters. The molecule has 1 aliphatic heterocycles. The predicted molar refractivity (Wildman–Crippen MR) is 64.3 cm³/mol. The van der Waals surface area contributed by atoms with Crippen molar-refractivity contribution in [2.75, 3.05) is 6.61 Å². The highest BCUT2D eigenvalue weighted by Gasteiger charge is 2.23. The van der Waals surface area contributed by atoms with Crippen molar-refractivity contribution in [1.29, 1.82) is 0 Å². The van der Waals surface area contributed by atoms with Gasteiger partial charge >= 0.3 is 0 Å². The number of benzene rings is 1. The van der Waals surface area contributed by atoms with E-state index in [1.165, 1.54) is 6.07 Å². The number of hydrogen-bond acceptors (Lipinski definition) is 3. The fourth-order valence-corrected chi connectivity index (χ4v) is 2.39. The van der Waals surface area contributed by atoms with E-state index in [0.29, 0.717) is 17.8 Å². The SMILES string of the molecule is OCC1CCn2c(nnc2-c2ccccc2F)C1. The van der Waals surface area contributed by atoms with Crippen LogP contribution < -0.4 is 0 Å². The van der Waals surface area contributed by atoms with Gasteiger partial charge in [-0.3, -0.25) is 0 Å². The molecule has 0 saturated heterocycles. The van der Waals surface area contributed by atoms with Gasteiger partial charge in [0.2, 0.25) is 0 Å². The highest BCUT2D eigenvalue weighted by atomic mass is 19.1. The second-order valence-electron chi connectivity index (χ2n) is 4.61. The first-order valence-electron chi connectivity index (χ1n) is 6.07. The summed E-state index contributed by atoms with van der Waals surface area (Å²) in [6, 6.07) is 6.59. The predicted octanol–water partition coefficient (Wildman–Crippen LogP) is 1.64. The normalized spacial score (nSPS) is 18.7. The van der Waals surface area contributed by atoms with Gasteiger partial charge in [0.15, 0.2) is 5.82 Å². The summed E-state index contributed by atoms with van der Waals surface area (Å²) in [5.41, 5.74) is 0.485. The summed E-state index contributed by atoms with van der Waals surface area (Å²) in [6.45, 7) is 0.902. The zero-order valence-corrected chi connectivity index (χ0v) is 9.88. The number of halogens is 1. The van der Waals surface area contributed by atoms with E-state index in [9.17, 15) is 4.39 Å². The highest BCUT2D eigenvalue weighted by molar-refractivity contribution is 5.56. The molecule has 0 fully saturated rings. The van der Waals surface area contributed by atoms with Gasteiger partial charge in [0.05, 0.1) is 5.56 Å². The first-order chi connectivity index (χ1) is 8.79. The fraction of sp³-hybridized carbons (Fsp3) is 0.385. The summed E-state index contributed by atoms with van der Waals surface area (Å²) in [5, 5.41) is 17.4. The zero-order valence-electron chi connectivity index (χ0n) is 9.88. The molecule has 1 unspecified atom stereocenters. The van der Waals surface area contributed by atoms with Crippen molar-refractivity contribution in [3.05, 3.63) is 35.9 Å². The van der Waals surface area contributed by atoms with Crippen LogP contribution in [0.5, 0.6) is 0 Å². The van der Waals surface area contributed by atoms with Gasteiger partial charge in [-0.15, -0.1) is 10.2 Å². The van der Waals surface area contributed by atoms with Crippen LogP contribution in [0.25, 0.3) is 11.4 Å². The van der Waals surface area contributed by atoms with Crippen LogP contribution in [0.15, 0.2) is 24.3 Å². The molecule has 4 nitrogen and oxygen atoms in total. The van der Waals surface area contributed by atoms with Crippen LogP contribution in [0.4, 0.5) is 4.39 Å². The lowest BCUT2D eigenvalue weighted by atomic mass is 9.99. The molecular formula is C13H14FN3O. The van der Waals surface area contributed by atoms with Gasteiger partial charge in [-0.05, 0) is 24.5 Å². The molecule has 0 radical (unpaired) electrons. The lowest BCUT2D eigenvalue weighted by Crippen LogP contribution is -2.22. The lowest BCUT2D eigenvalue weighted by Gasteiger charge is -2.21. The van der Waals surface area contributed by atoms with Gasteiger partial charge in [0.1, 0.15) is 11.6 Å². The number of aliphatic hydroxyl groups is 1. The molecule has 2 heterocycles. The topological polar surface area (TPSA) is 50.9 Å². The minimum atomic E-state index is -0.281. The van der Waals surface area contributed by atoms with Crippen molar-refractivity contribution < 1.29 is 9.50 Å². The summed E-state index contributed by atoms with van der Waals surface area (Å²) >= 11 is 0. The molecule has 3 rings (SSSR count). The standard InChI is InChI=1S/C13H14FN3O/c14-11-4-2-1-3-10(11)13-16-15-12-7-9(8-18)5-6-17(12)13/h1-4,9,18H,5-8H2. The summed E-state index contributed by atoms with van der Waals surface area (Å²) in [7, 11) is 0. The zero-order chi connectivity index (χ0) is 12.5. The Morgan fingerprint density at radius 3 is 2.94 bits per heavy atom. The van der Waals surface area contributed by atoms with Gasteiger partial charge < -0.3 is 9.67 Å². The molecule has 1 aromatic heterocycles. The molecule has 5 heteroatoms. The Morgan fingerprint density at radius 1 is 1.33 bits per heavy atom. The summed E-state index contributed by atoms with van der Waals surface area (Å²) in [6.07, 6.45) is 1.58. The summed E-state index contributed by atoms with van der Waals surface area (Å²) < 4.78 is 15.7. The minimum absolute atomic E-state index is 0.169. The third-order valence-corrected chi connectivity index (χ3v) is 3.43. The van der Waals surface area contributed by atoms with Crippen molar-refractivity contribution in [2.45, 2.75) is 19.4 Å². The number of rotatable bonds is 2. The van der Waals surface area contributed by atoms with Crippen LogP contribution in [0, 0.1) is 11.7 Å². The number of fused-ring (bicyclic) bond motifs is 1. The third kappa shape index (κ3) is 1.80. The van der Waals surface area contributed by atoms with Gasteiger partial charge in [0.25, 0.3) is 0 Å². The highest BCUT2D eigenvalue weighted by Crippen LogP contribution is 2.26. The molecule has 0 spiro atoms. The average Bonchev–Trinajstić information content (AvgIpc) is 2.82. The average molecular weight is 247 g/mol. The van der Waals surface area contributed by atoms with Crippen molar-refractivity contribution >= 4 is 0 Å². The molecule has 0 aliphatic carbocycles. The van der Waals surface area contributed by atoms with Crippen LogP contribution >= 0.6 is 0 Å². The van der Waals surface area contributed by atoms with Crippen molar-refractivity contribution in [3.63, 3.8) is 0 Å². The monoisotopic (exact) mass is 247 g/mol. The number of aliphatic hydroxyl groups excluding tert-OH is 1. The van der Waals surface area contributed by atoms with E-state index in [1.807, 2.05) is 4.57 Å². The van der Waals surface area contributed by atoms with Gasteiger partial charge in [-0.1, -0.05) is 12.1 Å². The maximum atomic E-state index is 13.7. The van der Waals surface area contributed by atoms with Crippen LogP contribution in [0.1, 0.15) is 12.2 Å². The van der Waals surface area contributed by atoms with E-state index >= 15 is 0 Å². The fourth-order valence-electron chi connectivity index (χ4n) is 2.39. The Kier molecular flexibility index (Phi) is 2.83. The van der Waals surface area contributed by atoms with Crippen LogP contribution in [0.2, 0.25) is 0 Å². The molecule has 1 aliphatic rings. The second-order valence-corrected chi connectivity index (χ2v) is 4.61. The Balaban J connectivity index is 2.01. The quantitative estimate of drug-likeness (QED) is 0.877. The van der Waals surface area contributed by atoms with Gasteiger partial charge in [-0.2, -0.15) is 0 Å². The number of aromatic nitrogens is 3. The smallest absolute Gasteiger partial charge is 0.166 e. The number of nitrogens with zero attached hydrogens (tertiary/aromatic N) is 3. The van der Waals surface area contributed by atoms with Crippen molar-refractivity contribution in [2.24, 2.45) is 5.92 Å². The Bertz CT molecular complexity index is 567. The van der Waals surface area contributed by atoms with E-state index in [1.54, 1.807) is 18.2 Å². The van der Waals surface area contributed by atoms with Crippen LogP contribution in [-0.2, 0) is 13.0 Å². The third-order valence-electron chi connectivity index (χ3n) is 3.43. The van der Waals surface area contributed by atoms with Crippen molar-refractivity contribution in [3.8, 4) is 11.4 Å². The van der Waals surface area contributed by atoms with E-state index in [2.05, 4.69) is 10.2 Å². The minimum Gasteiger partial charge on any atom is -0.396 e. The Hall–Kier alpha value is -1.75. The molecule has 1 N–H and O–H groups in total. The van der Waals surface area contributed by atoms with E-state index < -0.39 is 0 Å². The van der Waals surface area contributed by atoms with Crippen molar-refractivity contribution in [1.82, 2.24) is 14.8 Å².